The van der Waals surface area contributed by atoms with Crippen LogP contribution in [0.3, 0.4) is 0 Å². The van der Waals surface area contributed by atoms with E-state index >= 15 is 0 Å². The summed E-state index contributed by atoms with van der Waals surface area (Å²) in [5, 5.41) is 13.1. The average Bonchev–Trinajstić information content (AvgIpc) is 2.90. The summed E-state index contributed by atoms with van der Waals surface area (Å²) < 4.78 is 0. The van der Waals surface area contributed by atoms with E-state index in [0.29, 0.717) is 5.75 Å². The Morgan fingerprint density at radius 3 is 1.00 bits per heavy atom. The summed E-state index contributed by atoms with van der Waals surface area (Å²) in [6, 6.07) is 4.55. The van der Waals surface area contributed by atoms with E-state index in [-0.39, 0.29) is 0 Å². The molecular weight excluding hydrogens is 448 g/mol. The molecule has 0 atom stereocenters. The molecule has 0 fully saturated rings. The normalized spacial score (nSPS) is 11.4. The van der Waals surface area contributed by atoms with E-state index in [0.717, 1.165) is 30.4 Å². The lowest BCUT2D eigenvalue weighted by Crippen LogP contribution is -1.97. The topological polar surface area (TPSA) is 19.9 Å². The minimum absolute atomic E-state index is 0.365. The fourth-order valence-electron chi connectivity index (χ4n) is 5.70. The predicted octanol–water partition coefficient (Wildman–Crippen LogP) is 12.9. The highest BCUT2D eigenvalue weighted by atomic mass is 16.3. The zero-order chi connectivity index (χ0) is 26.8. The number of hydrogen-bond donors (Lipinski definition) is 0. The number of unbranched alkanes of at least 4 members (excludes halogenated alkanes) is 21. The Hall–Kier alpha value is -0.980. The Morgan fingerprint density at radius 2 is 0.649 bits per heavy atom. The van der Waals surface area contributed by atoms with Gasteiger partial charge < -0.3 is 0 Å². The van der Waals surface area contributed by atoms with Crippen molar-refractivity contribution < 1.29 is 5.11 Å². The zero-order valence-electron chi connectivity index (χ0n) is 25.7. The molecule has 0 aliphatic rings. The molecule has 0 spiro atoms. The number of benzene rings is 1. The Labute approximate surface area is 233 Å². The number of aryl methyl sites for hydroxylation is 3. The van der Waals surface area contributed by atoms with Gasteiger partial charge in [0.2, 0.25) is 0 Å². The summed E-state index contributed by atoms with van der Waals surface area (Å²) in [4.78, 5) is 0. The first-order valence-corrected chi connectivity index (χ1v) is 17.0. The smallest absolute Gasteiger partial charge is 0.185 e. The van der Waals surface area contributed by atoms with Crippen molar-refractivity contribution in [3.8, 4) is 5.75 Å². The van der Waals surface area contributed by atoms with Gasteiger partial charge in [0.05, 0.1) is 0 Å². The largest absolute Gasteiger partial charge is 0.289 e. The molecule has 1 aromatic rings. The summed E-state index contributed by atoms with van der Waals surface area (Å²) in [5.74, 6) is 0.365. The third kappa shape index (κ3) is 18.8. The lowest BCUT2D eigenvalue weighted by Gasteiger charge is -2.12. The second-order valence-electron chi connectivity index (χ2n) is 11.9. The highest BCUT2D eigenvalue weighted by Crippen LogP contribution is 2.30. The second-order valence-corrected chi connectivity index (χ2v) is 11.9. The van der Waals surface area contributed by atoms with Crippen LogP contribution < -0.4 is 0 Å². The molecule has 215 valence electrons. The molecule has 0 heterocycles. The van der Waals surface area contributed by atoms with Gasteiger partial charge in [-0.05, 0) is 44.1 Å². The Morgan fingerprint density at radius 1 is 0.378 bits per heavy atom. The van der Waals surface area contributed by atoms with E-state index in [1.54, 1.807) is 0 Å². The van der Waals surface area contributed by atoms with Gasteiger partial charge in [0, 0.05) is 11.1 Å². The average molecular weight is 514 g/mol. The summed E-state index contributed by atoms with van der Waals surface area (Å²) in [6.45, 7) is 6.81. The monoisotopic (exact) mass is 514 g/mol. The maximum atomic E-state index is 13.1. The van der Waals surface area contributed by atoms with Crippen LogP contribution in [0.5, 0.6) is 5.75 Å². The van der Waals surface area contributed by atoms with Crippen molar-refractivity contribution in [1.29, 1.82) is 0 Å². The maximum absolute atomic E-state index is 13.1. The highest BCUT2D eigenvalue weighted by Gasteiger charge is 2.12. The molecular formula is C36H65O. The van der Waals surface area contributed by atoms with Crippen molar-refractivity contribution in [3.63, 3.8) is 0 Å². The van der Waals surface area contributed by atoms with Gasteiger partial charge in [-0.25, -0.2) is 0 Å². The van der Waals surface area contributed by atoms with Crippen LogP contribution in [0.1, 0.15) is 192 Å². The van der Waals surface area contributed by atoms with Gasteiger partial charge in [-0.2, -0.15) is 0 Å². The third-order valence-corrected chi connectivity index (χ3v) is 8.22. The molecule has 1 heteroatoms. The van der Waals surface area contributed by atoms with Crippen molar-refractivity contribution in [1.82, 2.24) is 0 Å². The minimum Gasteiger partial charge on any atom is -0.289 e. The molecule has 0 saturated heterocycles. The molecule has 1 radical (unpaired) electrons. The van der Waals surface area contributed by atoms with E-state index in [2.05, 4.69) is 32.9 Å². The van der Waals surface area contributed by atoms with Gasteiger partial charge in [-0.15, -0.1) is 0 Å². The molecule has 0 saturated carbocycles. The van der Waals surface area contributed by atoms with Gasteiger partial charge in [-0.1, -0.05) is 168 Å². The zero-order valence-corrected chi connectivity index (χ0v) is 25.7. The van der Waals surface area contributed by atoms with Crippen molar-refractivity contribution in [2.45, 2.75) is 194 Å². The quantitative estimate of drug-likeness (QED) is 0.104. The van der Waals surface area contributed by atoms with Crippen molar-refractivity contribution in [2.24, 2.45) is 0 Å². The van der Waals surface area contributed by atoms with Gasteiger partial charge in [0.1, 0.15) is 0 Å². The summed E-state index contributed by atoms with van der Waals surface area (Å²) in [6.07, 6.45) is 35.7. The fourth-order valence-corrected chi connectivity index (χ4v) is 5.70. The highest BCUT2D eigenvalue weighted by molar-refractivity contribution is 5.44. The molecule has 0 amide bonds. The van der Waals surface area contributed by atoms with Gasteiger partial charge in [0.15, 0.2) is 5.75 Å². The van der Waals surface area contributed by atoms with Gasteiger partial charge in [-0.3, -0.25) is 5.11 Å². The molecule has 1 nitrogen and oxygen atoms in total. The van der Waals surface area contributed by atoms with E-state index < -0.39 is 0 Å². The molecule has 0 bridgehead atoms. The van der Waals surface area contributed by atoms with Crippen LogP contribution in [0.25, 0.3) is 0 Å². The number of hydrogen-bond acceptors (Lipinski definition) is 0. The van der Waals surface area contributed by atoms with Crippen LogP contribution in [-0.2, 0) is 24.4 Å². The predicted molar refractivity (Wildman–Crippen MR) is 166 cm³/mol. The van der Waals surface area contributed by atoms with E-state index in [4.69, 9.17) is 0 Å². The Bertz CT molecular complexity index is 586. The molecule has 1 aromatic carbocycles. The van der Waals surface area contributed by atoms with E-state index in [1.165, 1.54) is 160 Å². The first-order valence-electron chi connectivity index (χ1n) is 17.0. The lowest BCUT2D eigenvalue weighted by atomic mass is 9.94. The summed E-state index contributed by atoms with van der Waals surface area (Å²) in [5.41, 5.74) is 3.65. The molecule has 0 aliphatic heterocycles. The molecule has 0 unspecified atom stereocenters. The summed E-state index contributed by atoms with van der Waals surface area (Å²) in [7, 11) is 0. The Kier molecular flexibility index (Phi) is 23.3. The van der Waals surface area contributed by atoms with Crippen LogP contribution in [0, 0.1) is 0 Å². The van der Waals surface area contributed by atoms with Crippen molar-refractivity contribution >= 4 is 0 Å². The van der Waals surface area contributed by atoms with E-state index in [9.17, 15) is 5.11 Å². The second kappa shape index (κ2) is 25.3. The maximum Gasteiger partial charge on any atom is 0.185 e. The number of rotatable bonds is 27. The van der Waals surface area contributed by atoms with E-state index in [1.807, 2.05) is 0 Å². The standard InChI is InChI=1S/C36H65O/c1-4-7-10-13-14-15-16-17-18-19-20-21-22-23-24-25-28-33-31-34(29-26-11-8-5-2)36(37)35(32-33)30-27-12-9-6-3/h31-32H,4-30H2,1-3H3. The van der Waals surface area contributed by atoms with Crippen LogP contribution in [-0.4, -0.2) is 0 Å². The van der Waals surface area contributed by atoms with Crippen molar-refractivity contribution in [2.75, 3.05) is 0 Å². The Balaban J connectivity index is 2.22. The molecule has 0 aromatic heterocycles. The third-order valence-electron chi connectivity index (χ3n) is 8.22. The van der Waals surface area contributed by atoms with Crippen LogP contribution >= 0.6 is 0 Å². The fraction of sp³-hybridized carbons (Fsp3) is 0.833. The SMILES string of the molecule is CCCCCCCCCCCCCCCCCCc1cc(CCCCCC)c([O])c(CCCCCC)c1. The van der Waals surface area contributed by atoms with Crippen LogP contribution in [0.4, 0.5) is 0 Å². The lowest BCUT2D eigenvalue weighted by molar-refractivity contribution is 0.343. The minimum atomic E-state index is 0.365. The molecule has 37 heavy (non-hydrogen) atoms. The van der Waals surface area contributed by atoms with Gasteiger partial charge >= 0.3 is 0 Å². The van der Waals surface area contributed by atoms with Crippen LogP contribution in [0.2, 0.25) is 0 Å². The van der Waals surface area contributed by atoms with Gasteiger partial charge in [0.25, 0.3) is 0 Å². The van der Waals surface area contributed by atoms with Crippen LogP contribution in [0.15, 0.2) is 12.1 Å². The summed E-state index contributed by atoms with van der Waals surface area (Å²) >= 11 is 0. The first-order chi connectivity index (χ1) is 18.2. The first kappa shape index (κ1) is 34.0. The molecule has 1 rings (SSSR count). The van der Waals surface area contributed by atoms with Crippen molar-refractivity contribution in [3.05, 3.63) is 28.8 Å². The molecule has 0 aliphatic carbocycles. The molecule has 0 N–H and O–H groups in total.